The summed E-state index contributed by atoms with van der Waals surface area (Å²) in [6, 6.07) is 1.48. The molecular weight excluding hydrogens is 345 g/mol. The number of aromatic nitrogens is 2. The Labute approximate surface area is 144 Å². The highest BCUT2D eigenvalue weighted by Gasteiger charge is 2.28. The van der Waals surface area contributed by atoms with Crippen LogP contribution in [0, 0.1) is 0 Å². The molecule has 1 amide bonds. The van der Waals surface area contributed by atoms with E-state index in [0.717, 1.165) is 0 Å². The van der Waals surface area contributed by atoms with Crippen molar-refractivity contribution in [2.24, 2.45) is 0 Å². The Morgan fingerprint density at radius 3 is 2.87 bits per heavy atom. The first-order valence-electron chi connectivity index (χ1n) is 7.15. The summed E-state index contributed by atoms with van der Waals surface area (Å²) in [6.07, 6.45) is -0.656. The van der Waals surface area contributed by atoms with Crippen LogP contribution in [0.25, 0.3) is 0 Å². The normalized spacial score (nSPS) is 18.7. The van der Waals surface area contributed by atoms with Crippen LogP contribution in [0.4, 0.5) is 4.79 Å². The number of rotatable bonds is 3. The van der Waals surface area contributed by atoms with Gasteiger partial charge in [0.15, 0.2) is 16.1 Å². The molecule has 1 aliphatic rings. The molecule has 128 valence electrons. The highest BCUT2D eigenvalue weighted by molar-refractivity contribution is 6.32. The summed E-state index contributed by atoms with van der Waals surface area (Å²) in [6.45, 7) is 6.96. The number of hydrogen-bond acceptors (Lipinski definition) is 6. The maximum Gasteiger partial charge on any atom is 0.410 e. The molecule has 2 heterocycles. The SMILES string of the molecule is CC(C)(C)OC(=O)N1CCOC(COc2cc(Cl)nnc2Cl)C1. The number of morpholine rings is 1. The Kier molecular flexibility index (Phi) is 5.89. The van der Waals surface area contributed by atoms with Crippen molar-refractivity contribution >= 4 is 29.3 Å². The molecule has 1 atom stereocenters. The van der Waals surface area contributed by atoms with Gasteiger partial charge in [-0.25, -0.2) is 4.79 Å². The van der Waals surface area contributed by atoms with Crippen molar-refractivity contribution in [2.75, 3.05) is 26.3 Å². The third-order valence-corrected chi connectivity index (χ3v) is 3.35. The molecule has 7 nitrogen and oxygen atoms in total. The second-order valence-electron chi connectivity index (χ2n) is 6.05. The first-order valence-corrected chi connectivity index (χ1v) is 7.91. The zero-order valence-corrected chi connectivity index (χ0v) is 14.7. The van der Waals surface area contributed by atoms with Crippen molar-refractivity contribution in [3.8, 4) is 5.75 Å². The lowest BCUT2D eigenvalue weighted by Gasteiger charge is -2.34. The number of ether oxygens (including phenoxy) is 3. The van der Waals surface area contributed by atoms with Gasteiger partial charge in [-0.15, -0.1) is 10.2 Å². The molecule has 1 aromatic rings. The van der Waals surface area contributed by atoms with E-state index in [-0.39, 0.29) is 29.1 Å². The van der Waals surface area contributed by atoms with Gasteiger partial charge in [-0.3, -0.25) is 0 Å². The van der Waals surface area contributed by atoms with Crippen LogP contribution >= 0.6 is 23.2 Å². The fourth-order valence-electron chi connectivity index (χ4n) is 1.93. The molecule has 0 spiro atoms. The summed E-state index contributed by atoms with van der Waals surface area (Å²) >= 11 is 11.6. The van der Waals surface area contributed by atoms with E-state index in [4.69, 9.17) is 37.4 Å². The minimum Gasteiger partial charge on any atom is -0.487 e. The van der Waals surface area contributed by atoms with Crippen molar-refractivity contribution in [3.05, 3.63) is 16.4 Å². The van der Waals surface area contributed by atoms with Crippen molar-refractivity contribution in [1.29, 1.82) is 0 Å². The van der Waals surface area contributed by atoms with Gasteiger partial charge in [0.05, 0.1) is 13.2 Å². The van der Waals surface area contributed by atoms with Gasteiger partial charge in [0.25, 0.3) is 0 Å². The van der Waals surface area contributed by atoms with E-state index in [1.54, 1.807) is 4.90 Å². The van der Waals surface area contributed by atoms with Gasteiger partial charge in [0.1, 0.15) is 18.3 Å². The standard InChI is InChI=1S/C14H19Cl2N3O4/c1-14(2,3)23-13(20)19-4-5-21-9(7-19)8-22-10-6-11(15)17-18-12(10)16/h6,9H,4-5,7-8H2,1-3H3. The largest absolute Gasteiger partial charge is 0.487 e. The van der Waals surface area contributed by atoms with Crippen molar-refractivity contribution in [2.45, 2.75) is 32.5 Å². The van der Waals surface area contributed by atoms with Crippen LogP contribution in [0.3, 0.4) is 0 Å². The van der Waals surface area contributed by atoms with Crippen molar-refractivity contribution in [1.82, 2.24) is 15.1 Å². The summed E-state index contributed by atoms with van der Waals surface area (Å²) in [7, 11) is 0. The van der Waals surface area contributed by atoms with Gasteiger partial charge in [0, 0.05) is 12.6 Å². The van der Waals surface area contributed by atoms with Gasteiger partial charge in [0.2, 0.25) is 0 Å². The zero-order chi connectivity index (χ0) is 17.0. The van der Waals surface area contributed by atoms with Gasteiger partial charge in [-0.2, -0.15) is 0 Å². The predicted molar refractivity (Wildman–Crippen MR) is 85.1 cm³/mol. The second-order valence-corrected chi connectivity index (χ2v) is 6.80. The van der Waals surface area contributed by atoms with Crippen LogP contribution in [0.15, 0.2) is 6.07 Å². The Bertz CT molecular complexity index is 565. The lowest BCUT2D eigenvalue weighted by Crippen LogP contribution is -2.49. The first-order chi connectivity index (χ1) is 10.7. The predicted octanol–water partition coefficient (Wildman–Crippen LogP) is 2.80. The smallest absolute Gasteiger partial charge is 0.410 e. The zero-order valence-electron chi connectivity index (χ0n) is 13.2. The summed E-state index contributed by atoms with van der Waals surface area (Å²) in [5.41, 5.74) is -0.533. The van der Waals surface area contributed by atoms with Gasteiger partial charge >= 0.3 is 6.09 Å². The topological polar surface area (TPSA) is 73.8 Å². The highest BCUT2D eigenvalue weighted by atomic mass is 35.5. The van der Waals surface area contributed by atoms with Crippen LogP contribution < -0.4 is 4.74 Å². The molecule has 1 fully saturated rings. The van der Waals surface area contributed by atoms with Gasteiger partial charge in [-0.1, -0.05) is 23.2 Å². The average molecular weight is 364 g/mol. The Balaban J connectivity index is 1.89. The molecule has 0 bridgehead atoms. The van der Waals surface area contributed by atoms with E-state index in [1.165, 1.54) is 6.07 Å². The van der Waals surface area contributed by atoms with Crippen molar-refractivity contribution in [3.63, 3.8) is 0 Å². The van der Waals surface area contributed by atoms with E-state index in [0.29, 0.717) is 25.4 Å². The molecule has 2 rings (SSSR count). The van der Waals surface area contributed by atoms with Crippen LogP contribution in [-0.4, -0.2) is 59.2 Å². The van der Waals surface area contributed by atoms with E-state index < -0.39 is 5.60 Å². The molecule has 23 heavy (non-hydrogen) atoms. The molecule has 1 saturated heterocycles. The summed E-state index contributed by atoms with van der Waals surface area (Å²) in [4.78, 5) is 13.7. The van der Waals surface area contributed by atoms with Gasteiger partial charge in [-0.05, 0) is 20.8 Å². The number of carbonyl (C=O) groups excluding carboxylic acids is 1. The third kappa shape index (κ3) is 5.67. The molecule has 0 aliphatic carbocycles. The number of carbonyl (C=O) groups is 1. The summed E-state index contributed by atoms with van der Waals surface area (Å²) in [5.74, 6) is 0.324. The number of hydrogen-bond donors (Lipinski definition) is 0. The maximum atomic E-state index is 12.1. The molecule has 0 saturated carbocycles. The van der Waals surface area contributed by atoms with Crippen LogP contribution in [0.2, 0.25) is 10.3 Å². The second kappa shape index (κ2) is 7.51. The van der Waals surface area contributed by atoms with E-state index >= 15 is 0 Å². The number of halogens is 2. The molecule has 0 aromatic carbocycles. The molecule has 0 radical (unpaired) electrons. The van der Waals surface area contributed by atoms with E-state index in [2.05, 4.69) is 10.2 Å². The van der Waals surface area contributed by atoms with E-state index in [1.807, 2.05) is 20.8 Å². The monoisotopic (exact) mass is 363 g/mol. The molecule has 0 N–H and O–H groups in total. The number of amides is 1. The fourth-order valence-corrected chi connectivity index (χ4v) is 2.22. The first kappa shape index (κ1) is 18.0. The minimum absolute atomic E-state index is 0.120. The van der Waals surface area contributed by atoms with Crippen LogP contribution in [0.1, 0.15) is 20.8 Å². The number of nitrogens with zero attached hydrogens (tertiary/aromatic N) is 3. The average Bonchev–Trinajstić information content (AvgIpc) is 2.47. The van der Waals surface area contributed by atoms with E-state index in [9.17, 15) is 4.79 Å². The Morgan fingerprint density at radius 2 is 2.17 bits per heavy atom. The Hall–Kier alpha value is -1.31. The fraction of sp³-hybridized carbons (Fsp3) is 0.643. The molecule has 1 aromatic heterocycles. The summed E-state index contributed by atoms with van der Waals surface area (Å²) < 4.78 is 16.5. The third-order valence-electron chi connectivity index (χ3n) is 2.90. The molecule has 9 heteroatoms. The lowest BCUT2D eigenvalue weighted by atomic mass is 10.2. The Morgan fingerprint density at radius 1 is 1.43 bits per heavy atom. The highest BCUT2D eigenvalue weighted by Crippen LogP contribution is 2.24. The molecule has 1 aliphatic heterocycles. The quantitative estimate of drug-likeness (QED) is 0.821. The van der Waals surface area contributed by atoms with Crippen LogP contribution in [-0.2, 0) is 9.47 Å². The van der Waals surface area contributed by atoms with Crippen molar-refractivity contribution < 1.29 is 19.0 Å². The maximum absolute atomic E-state index is 12.1. The molecular formula is C14H19Cl2N3O4. The van der Waals surface area contributed by atoms with Gasteiger partial charge < -0.3 is 19.1 Å². The lowest BCUT2D eigenvalue weighted by molar-refractivity contribution is -0.0557. The minimum atomic E-state index is -0.533. The summed E-state index contributed by atoms with van der Waals surface area (Å²) in [5, 5.41) is 7.57. The molecule has 1 unspecified atom stereocenters. The van der Waals surface area contributed by atoms with Crippen LogP contribution in [0.5, 0.6) is 5.75 Å².